The summed E-state index contributed by atoms with van der Waals surface area (Å²) >= 11 is 0. The highest BCUT2D eigenvalue weighted by Crippen LogP contribution is 2.16. The Kier molecular flexibility index (Phi) is 6.18. The van der Waals surface area contributed by atoms with Crippen molar-refractivity contribution in [3.63, 3.8) is 0 Å². The number of carbonyl (C=O) groups excluding carboxylic acids is 2. The van der Waals surface area contributed by atoms with Gasteiger partial charge in [-0.25, -0.2) is 13.2 Å². The zero-order chi connectivity index (χ0) is 20.1. The molecule has 0 spiro atoms. The normalized spacial score (nSPS) is 14.3. The van der Waals surface area contributed by atoms with Crippen LogP contribution in [-0.4, -0.2) is 60.8 Å². The molecule has 5 nitrogen and oxygen atoms in total. The third kappa shape index (κ3) is 4.82. The Morgan fingerprint density at radius 3 is 1.68 bits per heavy atom. The quantitative estimate of drug-likeness (QED) is 0.786. The Hall–Kier alpha value is -3.03. The zero-order valence-corrected chi connectivity index (χ0v) is 15.0. The number of alkyl halides is 2. The zero-order valence-electron chi connectivity index (χ0n) is 15.0. The summed E-state index contributed by atoms with van der Waals surface area (Å²) in [5.41, 5.74) is 0.822. The van der Waals surface area contributed by atoms with Crippen molar-refractivity contribution in [2.45, 2.75) is 6.43 Å². The van der Waals surface area contributed by atoms with E-state index in [2.05, 4.69) is 0 Å². The van der Waals surface area contributed by atoms with E-state index in [4.69, 9.17) is 4.74 Å². The van der Waals surface area contributed by atoms with E-state index in [1.165, 1.54) is 48.5 Å². The molecule has 0 aliphatic carbocycles. The number of halogens is 3. The summed E-state index contributed by atoms with van der Waals surface area (Å²) in [5, 5.41) is 0. The van der Waals surface area contributed by atoms with Gasteiger partial charge in [-0.2, -0.15) is 0 Å². The molecule has 8 heteroatoms. The second-order valence-electron chi connectivity index (χ2n) is 6.32. The maximum absolute atomic E-state index is 13.0. The van der Waals surface area contributed by atoms with Crippen molar-refractivity contribution in [1.29, 1.82) is 0 Å². The first-order valence-corrected chi connectivity index (χ1v) is 8.79. The highest BCUT2D eigenvalue weighted by molar-refractivity contribution is 5.96. The van der Waals surface area contributed by atoms with Crippen LogP contribution >= 0.6 is 0 Å². The average Bonchev–Trinajstić information content (AvgIpc) is 2.72. The van der Waals surface area contributed by atoms with Crippen LogP contribution in [0.5, 0.6) is 5.75 Å². The van der Waals surface area contributed by atoms with E-state index in [1.54, 1.807) is 9.80 Å². The van der Waals surface area contributed by atoms with Crippen LogP contribution < -0.4 is 4.74 Å². The second-order valence-corrected chi connectivity index (χ2v) is 6.32. The number of hydrogen-bond donors (Lipinski definition) is 0. The molecule has 148 valence electrons. The molecule has 0 atom stereocenters. The second kappa shape index (κ2) is 8.77. The van der Waals surface area contributed by atoms with Crippen LogP contribution in [0, 0.1) is 5.82 Å². The topological polar surface area (TPSA) is 49.9 Å². The summed E-state index contributed by atoms with van der Waals surface area (Å²) in [5.74, 6) is -0.536. The molecule has 0 saturated carbocycles. The number of nitrogens with zero attached hydrogens (tertiary/aromatic N) is 2. The molecule has 3 rings (SSSR count). The van der Waals surface area contributed by atoms with Gasteiger partial charge in [-0.3, -0.25) is 9.59 Å². The Balaban J connectivity index is 1.54. The highest BCUT2D eigenvalue weighted by atomic mass is 19.3. The van der Waals surface area contributed by atoms with Crippen LogP contribution in [0.4, 0.5) is 13.2 Å². The molecule has 1 saturated heterocycles. The van der Waals surface area contributed by atoms with Crippen molar-refractivity contribution in [1.82, 2.24) is 9.80 Å². The lowest BCUT2D eigenvalue weighted by Gasteiger charge is -2.35. The minimum atomic E-state index is -2.56. The van der Waals surface area contributed by atoms with E-state index in [9.17, 15) is 22.8 Å². The van der Waals surface area contributed by atoms with Crippen molar-refractivity contribution in [3.05, 3.63) is 65.5 Å². The lowest BCUT2D eigenvalue weighted by atomic mass is 10.1. The average molecular weight is 392 g/mol. The molecular weight excluding hydrogens is 373 g/mol. The Morgan fingerprint density at radius 2 is 1.25 bits per heavy atom. The summed E-state index contributed by atoms with van der Waals surface area (Å²) in [4.78, 5) is 28.3. The molecule has 2 amide bonds. The number of carbonyl (C=O) groups is 2. The molecule has 1 fully saturated rings. The Labute approximate surface area is 160 Å². The largest absolute Gasteiger partial charge is 0.488 e. The fourth-order valence-electron chi connectivity index (χ4n) is 2.92. The molecule has 28 heavy (non-hydrogen) atoms. The van der Waals surface area contributed by atoms with E-state index in [-0.39, 0.29) is 17.6 Å². The molecule has 0 bridgehead atoms. The molecule has 1 aliphatic rings. The van der Waals surface area contributed by atoms with Gasteiger partial charge in [0.1, 0.15) is 18.2 Å². The van der Waals surface area contributed by atoms with Gasteiger partial charge in [0.2, 0.25) is 0 Å². The lowest BCUT2D eigenvalue weighted by Crippen LogP contribution is -2.50. The first kappa shape index (κ1) is 19.7. The Bertz CT molecular complexity index is 818. The van der Waals surface area contributed by atoms with Gasteiger partial charge in [0.15, 0.2) is 0 Å². The first-order valence-electron chi connectivity index (χ1n) is 8.79. The third-order valence-electron chi connectivity index (χ3n) is 4.42. The smallest absolute Gasteiger partial charge is 0.272 e. The Morgan fingerprint density at radius 1 is 0.821 bits per heavy atom. The monoisotopic (exact) mass is 392 g/mol. The van der Waals surface area contributed by atoms with Gasteiger partial charge in [0.05, 0.1) is 0 Å². The third-order valence-corrected chi connectivity index (χ3v) is 4.42. The fraction of sp³-hybridized carbons (Fsp3) is 0.300. The van der Waals surface area contributed by atoms with Gasteiger partial charge in [0, 0.05) is 37.3 Å². The van der Waals surface area contributed by atoms with Crippen molar-refractivity contribution < 1.29 is 27.5 Å². The number of amides is 2. The minimum Gasteiger partial charge on any atom is -0.488 e. The van der Waals surface area contributed by atoms with Gasteiger partial charge in [-0.15, -0.1) is 0 Å². The molecule has 0 N–H and O–H groups in total. The first-order chi connectivity index (χ1) is 13.4. The van der Waals surface area contributed by atoms with Gasteiger partial charge >= 0.3 is 0 Å². The molecule has 0 unspecified atom stereocenters. The molecule has 1 aliphatic heterocycles. The molecule has 0 aromatic heterocycles. The van der Waals surface area contributed by atoms with E-state index >= 15 is 0 Å². The van der Waals surface area contributed by atoms with Crippen molar-refractivity contribution >= 4 is 11.8 Å². The molecule has 0 radical (unpaired) electrons. The van der Waals surface area contributed by atoms with E-state index in [0.717, 1.165) is 0 Å². The molecular formula is C20H19F3N2O3. The van der Waals surface area contributed by atoms with Crippen LogP contribution in [-0.2, 0) is 0 Å². The SMILES string of the molecule is O=C(c1ccc(F)cc1)N1CCN(C(=O)c2ccc(OCC(F)F)cc2)CC1. The summed E-state index contributed by atoms with van der Waals surface area (Å²) in [6.07, 6.45) is -2.56. The van der Waals surface area contributed by atoms with E-state index in [0.29, 0.717) is 37.3 Å². The standard InChI is InChI=1S/C20H19F3N2O3/c21-16-5-1-14(2-6-16)19(26)24-9-11-25(12-10-24)20(27)15-3-7-17(8-4-15)28-13-18(22)23/h1-8,18H,9-13H2. The van der Waals surface area contributed by atoms with Gasteiger partial charge in [-0.05, 0) is 48.5 Å². The number of piperazine rings is 1. The summed E-state index contributed by atoms with van der Waals surface area (Å²) in [7, 11) is 0. The fourth-order valence-corrected chi connectivity index (χ4v) is 2.92. The van der Waals surface area contributed by atoms with Crippen LogP contribution in [0.2, 0.25) is 0 Å². The van der Waals surface area contributed by atoms with E-state index < -0.39 is 18.8 Å². The predicted molar refractivity (Wildman–Crippen MR) is 96.1 cm³/mol. The molecule has 1 heterocycles. The molecule has 2 aromatic rings. The van der Waals surface area contributed by atoms with Gasteiger partial charge < -0.3 is 14.5 Å². The lowest BCUT2D eigenvalue weighted by molar-refractivity contribution is 0.0535. The van der Waals surface area contributed by atoms with Gasteiger partial charge in [0.25, 0.3) is 18.2 Å². The summed E-state index contributed by atoms with van der Waals surface area (Å²) in [6, 6.07) is 11.4. The van der Waals surface area contributed by atoms with Crippen LogP contribution in [0.15, 0.2) is 48.5 Å². The predicted octanol–water partition coefficient (Wildman–Crippen LogP) is 3.07. The molecule has 2 aromatic carbocycles. The number of ether oxygens (including phenoxy) is 1. The maximum atomic E-state index is 13.0. The highest BCUT2D eigenvalue weighted by Gasteiger charge is 2.25. The van der Waals surface area contributed by atoms with Crippen LogP contribution in [0.25, 0.3) is 0 Å². The number of hydrogen-bond acceptors (Lipinski definition) is 3. The summed E-state index contributed by atoms with van der Waals surface area (Å²) < 4.78 is 42.2. The minimum absolute atomic E-state index is 0.200. The van der Waals surface area contributed by atoms with Crippen molar-refractivity contribution in [3.8, 4) is 5.75 Å². The van der Waals surface area contributed by atoms with Crippen LogP contribution in [0.1, 0.15) is 20.7 Å². The van der Waals surface area contributed by atoms with Gasteiger partial charge in [-0.1, -0.05) is 0 Å². The van der Waals surface area contributed by atoms with Crippen molar-refractivity contribution in [2.75, 3.05) is 32.8 Å². The van der Waals surface area contributed by atoms with Crippen LogP contribution in [0.3, 0.4) is 0 Å². The number of rotatable bonds is 5. The maximum Gasteiger partial charge on any atom is 0.272 e. The number of benzene rings is 2. The van der Waals surface area contributed by atoms with Crippen molar-refractivity contribution in [2.24, 2.45) is 0 Å². The van der Waals surface area contributed by atoms with E-state index in [1.807, 2.05) is 0 Å². The summed E-state index contributed by atoms with van der Waals surface area (Å²) in [6.45, 7) is 0.789.